The van der Waals surface area contributed by atoms with Gasteiger partial charge in [-0.05, 0) is 12.8 Å². The van der Waals surface area contributed by atoms with Crippen molar-refractivity contribution in [2.45, 2.75) is 37.1 Å². The maximum Gasteiger partial charge on any atom is 0.401 e. The fourth-order valence-corrected chi connectivity index (χ4v) is 2.62. The summed E-state index contributed by atoms with van der Waals surface area (Å²) in [4.78, 5) is 1.31. The zero-order chi connectivity index (χ0) is 15.0. The number of aromatic nitrogens is 2. The standard InChI is InChI=1S/C12H17F3N4O2/c13-12(14,15)6-19-3-7(4-19)10-17-18-11(21-10)9-2-1-8(16)5-20-9/h7-9H,1-6,16H2/t8-,9+/m1/s1. The number of alkyl halides is 3. The molecule has 2 fully saturated rings. The van der Waals surface area contributed by atoms with Crippen molar-refractivity contribution in [2.75, 3.05) is 26.2 Å². The van der Waals surface area contributed by atoms with Gasteiger partial charge in [-0.25, -0.2) is 0 Å². The van der Waals surface area contributed by atoms with E-state index in [0.717, 1.165) is 6.42 Å². The Kier molecular flexibility index (Phi) is 3.89. The van der Waals surface area contributed by atoms with Gasteiger partial charge in [0.15, 0.2) is 0 Å². The van der Waals surface area contributed by atoms with E-state index in [1.54, 1.807) is 0 Å². The topological polar surface area (TPSA) is 77.4 Å². The molecule has 118 valence electrons. The fourth-order valence-electron chi connectivity index (χ4n) is 2.62. The Morgan fingerprint density at radius 2 is 1.90 bits per heavy atom. The second-order valence-electron chi connectivity index (χ2n) is 5.64. The SMILES string of the molecule is N[C@@H]1CC[C@@H](c2nnc(C3CN(CC(F)(F)F)C3)o2)OC1. The summed E-state index contributed by atoms with van der Waals surface area (Å²) in [6.45, 7) is 0.133. The number of ether oxygens (including phenoxy) is 1. The van der Waals surface area contributed by atoms with Gasteiger partial charge >= 0.3 is 6.18 Å². The Morgan fingerprint density at radius 1 is 1.19 bits per heavy atom. The molecule has 0 unspecified atom stereocenters. The molecule has 0 radical (unpaired) electrons. The van der Waals surface area contributed by atoms with Crippen molar-refractivity contribution < 1.29 is 22.3 Å². The minimum Gasteiger partial charge on any atom is -0.422 e. The van der Waals surface area contributed by atoms with Gasteiger partial charge in [-0.15, -0.1) is 10.2 Å². The molecule has 21 heavy (non-hydrogen) atoms. The van der Waals surface area contributed by atoms with Crippen LogP contribution < -0.4 is 5.73 Å². The third kappa shape index (κ3) is 3.53. The molecule has 2 saturated heterocycles. The molecule has 6 nitrogen and oxygen atoms in total. The molecule has 0 spiro atoms. The minimum absolute atomic E-state index is 0.0335. The van der Waals surface area contributed by atoms with Gasteiger partial charge in [0, 0.05) is 19.1 Å². The highest BCUT2D eigenvalue weighted by molar-refractivity contribution is 5.02. The molecule has 3 rings (SSSR count). The third-order valence-electron chi connectivity index (χ3n) is 3.75. The highest BCUT2D eigenvalue weighted by Gasteiger charge is 2.40. The van der Waals surface area contributed by atoms with E-state index in [4.69, 9.17) is 14.9 Å². The predicted molar refractivity (Wildman–Crippen MR) is 65.4 cm³/mol. The van der Waals surface area contributed by atoms with Gasteiger partial charge in [0.1, 0.15) is 6.10 Å². The molecular weight excluding hydrogens is 289 g/mol. The second kappa shape index (κ2) is 5.54. The Labute approximate surface area is 119 Å². The summed E-state index contributed by atoms with van der Waals surface area (Å²) in [7, 11) is 0. The zero-order valence-electron chi connectivity index (χ0n) is 11.3. The first-order valence-electron chi connectivity index (χ1n) is 6.90. The van der Waals surface area contributed by atoms with Crippen LogP contribution in [0.1, 0.15) is 36.6 Å². The molecule has 3 heterocycles. The number of likely N-dealkylation sites (tertiary alicyclic amines) is 1. The van der Waals surface area contributed by atoms with Crippen LogP contribution in [0.15, 0.2) is 4.42 Å². The smallest absolute Gasteiger partial charge is 0.401 e. The van der Waals surface area contributed by atoms with E-state index in [1.165, 1.54) is 4.90 Å². The maximum atomic E-state index is 12.2. The van der Waals surface area contributed by atoms with E-state index in [1.807, 2.05) is 0 Å². The van der Waals surface area contributed by atoms with Gasteiger partial charge in [0.2, 0.25) is 11.8 Å². The molecule has 0 amide bonds. The van der Waals surface area contributed by atoms with Gasteiger partial charge in [-0.1, -0.05) is 0 Å². The highest BCUT2D eigenvalue weighted by atomic mass is 19.4. The molecule has 1 aromatic heterocycles. The summed E-state index contributed by atoms with van der Waals surface area (Å²) in [5.41, 5.74) is 5.74. The van der Waals surface area contributed by atoms with E-state index in [2.05, 4.69) is 10.2 Å². The molecule has 1 aromatic rings. The zero-order valence-corrected chi connectivity index (χ0v) is 11.3. The molecule has 0 aliphatic carbocycles. The van der Waals surface area contributed by atoms with Crippen LogP contribution in [0.25, 0.3) is 0 Å². The summed E-state index contributed by atoms with van der Waals surface area (Å²) < 4.78 is 47.7. The van der Waals surface area contributed by atoms with Gasteiger partial charge in [-0.2, -0.15) is 13.2 Å². The van der Waals surface area contributed by atoms with Crippen molar-refractivity contribution in [2.24, 2.45) is 5.73 Å². The van der Waals surface area contributed by atoms with Gasteiger partial charge in [0.05, 0.1) is 19.1 Å². The molecular formula is C12H17F3N4O2. The van der Waals surface area contributed by atoms with Crippen molar-refractivity contribution in [3.8, 4) is 0 Å². The van der Waals surface area contributed by atoms with E-state index in [0.29, 0.717) is 24.8 Å². The number of nitrogens with zero attached hydrogens (tertiary/aromatic N) is 3. The van der Waals surface area contributed by atoms with Gasteiger partial charge in [0.25, 0.3) is 0 Å². The quantitative estimate of drug-likeness (QED) is 0.904. The average molecular weight is 306 g/mol. The molecule has 2 N–H and O–H groups in total. The summed E-state index contributed by atoms with van der Waals surface area (Å²) in [5, 5.41) is 7.87. The Balaban J connectivity index is 1.52. The Morgan fingerprint density at radius 3 is 2.52 bits per heavy atom. The van der Waals surface area contributed by atoms with E-state index in [9.17, 15) is 13.2 Å². The lowest BCUT2D eigenvalue weighted by Gasteiger charge is -2.37. The van der Waals surface area contributed by atoms with Crippen LogP contribution in [-0.2, 0) is 4.74 Å². The first-order valence-corrected chi connectivity index (χ1v) is 6.90. The van der Waals surface area contributed by atoms with Crippen molar-refractivity contribution in [1.29, 1.82) is 0 Å². The number of nitrogens with two attached hydrogens (primary N) is 1. The lowest BCUT2D eigenvalue weighted by molar-refractivity contribution is -0.155. The number of hydrogen-bond acceptors (Lipinski definition) is 6. The monoisotopic (exact) mass is 306 g/mol. The van der Waals surface area contributed by atoms with Crippen molar-refractivity contribution in [1.82, 2.24) is 15.1 Å². The van der Waals surface area contributed by atoms with Crippen LogP contribution >= 0.6 is 0 Å². The van der Waals surface area contributed by atoms with Crippen LogP contribution in [0.2, 0.25) is 0 Å². The summed E-state index contributed by atoms with van der Waals surface area (Å²) in [6.07, 6.45) is -2.88. The molecule has 9 heteroatoms. The molecule has 0 aromatic carbocycles. The van der Waals surface area contributed by atoms with E-state index in [-0.39, 0.29) is 31.2 Å². The third-order valence-corrected chi connectivity index (χ3v) is 3.75. The Bertz CT molecular complexity index is 479. The van der Waals surface area contributed by atoms with Gasteiger partial charge in [-0.3, -0.25) is 4.90 Å². The number of hydrogen-bond donors (Lipinski definition) is 1. The molecule has 2 atom stereocenters. The van der Waals surface area contributed by atoms with E-state index < -0.39 is 12.7 Å². The summed E-state index contributed by atoms with van der Waals surface area (Å²) in [5.74, 6) is 0.660. The Hall–Kier alpha value is -1.19. The van der Waals surface area contributed by atoms with Crippen LogP contribution in [0, 0.1) is 0 Å². The molecule has 0 saturated carbocycles. The summed E-state index contributed by atoms with van der Waals surface area (Å²) >= 11 is 0. The molecule has 2 aliphatic rings. The lowest BCUT2D eigenvalue weighted by Crippen LogP contribution is -2.49. The highest BCUT2D eigenvalue weighted by Crippen LogP contribution is 2.32. The van der Waals surface area contributed by atoms with Crippen LogP contribution in [0.4, 0.5) is 13.2 Å². The lowest BCUT2D eigenvalue weighted by atomic mass is 10.0. The second-order valence-corrected chi connectivity index (χ2v) is 5.64. The van der Waals surface area contributed by atoms with Crippen LogP contribution in [0.5, 0.6) is 0 Å². The predicted octanol–water partition coefficient (Wildman–Crippen LogP) is 1.21. The fraction of sp³-hybridized carbons (Fsp3) is 0.833. The van der Waals surface area contributed by atoms with Crippen molar-refractivity contribution in [3.05, 3.63) is 11.8 Å². The van der Waals surface area contributed by atoms with Crippen LogP contribution in [-0.4, -0.2) is 53.6 Å². The van der Waals surface area contributed by atoms with E-state index >= 15 is 0 Å². The summed E-state index contributed by atoms with van der Waals surface area (Å²) in [6, 6.07) is 0.0335. The average Bonchev–Trinajstić information content (AvgIpc) is 2.82. The normalized spacial score (nSPS) is 28.6. The number of halogens is 3. The first-order chi connectivity index (χ1) is 9.90. The largest absolute Gasteiger partial charge is 0.422 e. The van der Waals surface area contributed by atoms with Crippen molar-refractivity contribution >= 4 is 0 Å². The maximum absolute atomic E-state index is 12.2. The molecule has 0 bridgehead atoms. The first kappa shape index (κ1) is 14.7. The molecule has 2 aliphatic heterocycles. The minimum atomic E-state index is -4.17. The van der Waals surface area contributed by atoms with Crippen LogP contribution in [0.3, 0.4) is 0 Å². The number of rotatable bonds is 3. The van der Waals surface area contributed by atoms with Gasteiger partial charge < -0.3 is 14.9 Å². The van der Waals surface area contributed by atoms with Crippen molar-refractivity contribution in [3.63, 3.8) is 0 Å².